The molecule has 0 spiro atoms. The molecular formula is C23H18ClN3O6S. The molecule has 0 aliphatic rings. The lowest BCUT2D eigenvalue weighted by molar-refractivity contribution is 0.0696. The molecule has 0 bridgehead atoms. The van der Waals surface area contributed by atoms with E-state index in [4.69, 9.17) is 21.4 Å². The molecule has 0 radical (unpaired) electrons. The van der Waals surface area contributed by atoms with Crippen molar-refractivity contribution in [3.63, 3.8) is 0 Å². The summed E-state index contributed by atoms with van der Waals surface area (Å²) in [7, 11) is -1.20. The van der Waals surface area contributed by atoms with Crippen LogP contribution in [0.15, 0.2) is 70.6 Å². The molecule has 0 aliphatic heterocycles. The average molecular weight is 500 g/mol. The van der Waals surface area contributed by atoms with Gasteiger partial charge in [-0.3, -0.25) is 9.48 Å². The van der Waals surface area contributed by atoms with E-state index < -0.39 is 21.7 Å². The predicted octanol–water partition coefficient (Wildman–Crippen LogP) is 4.02. The lowest BCUT2D eigenvalue weighted by atomic mass is 10.1. The van der Waals surface area contributed by atoms with Gasteiger partial charge in [0.05, 0.1) is 18.2 Å². The first-order valence-corrected chi connectivity index (χ1v) is 11.7. The van der Waals surface area contributed by atoms with E-state index in [1.165, 1.54) is 60.3 Å². The number of methoxy groups -OCH3 is 1. The molecule has 3 aromatic carbocycles. The summed E-state index contributed by atoms with van der Waals surface area (Å²) in [5.41, 5.74) is 1.16. The maximum Gasteiger partial charge on any atom is 0.335 e. The van der Waals surface area contributed by atoms with Gasteiger partial charge in [0.15, 0.2) is 5.03 Å². The van der Waals surface area contributed by atoms with Crippen molar-refractivity contribution >= 4 is 49.9 Å². The van der Waals surface area contributed by atoms with Crippen molar-refractivity contribution in [1.29, 1.82) is 0 Å². The second-order valence-electron chi connectivity index (χ2n) is 7.30. The first-order valence-electron chi connectivity index (χ1n) is 9.82. The highest BCUT2D eigenvalue weighted by atomic mass is 35.5. The van der Waals surface area contributed by atoms with Crippen LogP contribution in [0, 0.1) is 0 Å². The number of hydrogen-bond donors (Lipinski definition) is 2. The van der Waals surface area contributed by atoms with Crippen LogP contribution in [0.25, 0.3) is 10.9 Å². The van der Waals surface area contributed by atoms with Gasteiger partial charge in [-0.05, 0) is 60.7 Å². The summed E-state index contributed by atoms with van der Waals surface area (Å²) in [5.74, 6) is -1.47. The molecule has 0 atom stereocenters. The summed E-state index contributed by atoms with van der Waals surface area (Å²) < 4.78 is 33.6. The van der Waals surface area contributed by atoms with Gasteiger partial charge in [-0.2, -0.15) is 5.10 Å². The van der Waals surface area contributed by atoms with Gasteiger partial charge in [0.2, 0.25) is 9.84 Å². The number of aromatic carboxylic acids is 1. The third-order valence-electron chi connectivity index (χ3n) is 5.14. The number of nitrogens with zero attached hydrogens (tertiary/aromatic N) is 2. The third kappa shape index (κ3) is 4.20. The molecule has 0 aliphatic carbocycles. The number of fused-ring (bicyclic) bond motifs is 1. The quantitative estimate of drug-likeness (QED) is 0.410. The van der Waals surface area contributed by atoms with Crippen LogP contribution in [-0.2, 0) is 16.9 Å². The second kappa shape index (κ2) is 8.81. The first-order chi connectivity index (χ1) is 16.1. The van der Waals surface area contributed by atoms with Gasteiger partial charge < -0.3 is 15.2 Å². The Morgan fingerprint density at radius 2 is 1.71 bits per heavy atom. The molecule has 1 heterocycles. The molecule has 0 unspecified atom stereocenters. The molecule has 4 aromatic rings. The largest absolute Gasteiger partial charge is 0.495 e. The lowest BCUT2D eigenvalue weighted by Gasteiger charge is -2.09. The monoisotopic (exact) mass is 499 g/mol. The molecule has 2 N–H and O–H groups in total. The number of rotatable bonds is 6. The number of benzene rings is 3. The molecular weight excluding hydrogens is 482 g/mol. The summed E-state index contributed by atoms with van der Waals surface area (Å²) in [6, 6.07) is 14.5. The summed E-state index contributed by atoms with van der Waals surface area (Å²) in [5, 5.41) is 16.1. The molecule has 9 nitrogen and oxygen atoms in total. The van der Waals surface area contributed by atoms with Crippen molar-refractivity contribution in [1.82, 2.24) is 9.78 Å². The highest BCUT2D eigenvalue weighted by molar-refractivity contribution is 7.91. The van der Waals surface area contributed by atoms with Crippen molar-refractivity contribution in [2.45, 2.75) is 9.92 Å². The van der Waals surface area contributed by atoms with Crippen molar-refractivity contribution in [2.24, 2.45) is 7.05 Å². The summed E-state index contributed by atoms with van der Waals surface area (Å²) in [6.07, 6.45) is 0. The Hall–Kier alpha value is -3.89. The Labute approximate surface area is 199 Å². The lowest BCUT2D eigenvalue weighted by Crippen LogP contribution is -2.12. The molecule has 0 fully saturated rings. The number of hydrogen-bond acceptors (Lipinski definition) is 6. The third-order valence-corrected chi connectivity index (χ3v) is 7.08. The Bertz CT molecular complexity index is 1550. The van der Waals surface area contributed by atoms with E-state index in [0.29, 0.717) is 11.2 Å². The highest BCUT2D eigenvalue weighted by Gasteiger charge is 2.29. The molecule has 1 aromatic heterocycles. The van der Waals surface area contributed by atoms with E-state index in [9.17, 15) is 18.0 Å². The van der Waals surface area contributed by atoms with Gasteiger partial charge in [0, 0.05) is 28.7 Å². The van der Waals surface area contributed by atoms with Crippen molar-refractivity contribution in [3.05, 3.63) is 76.8 Å². The Balaban J connectivity index is 1.75. The molecule has 4 rings (SSSR count). The zero-order chi connectivity index (χ0) is 24.6. The number of carbonyl (C=O) groups excluding carboxylic acids is 1. The van der Waals surface area contributed by atoms with Crippen molar-refractivity contribution in [2.75, 3.05) is 12.4 Å². The van der Waals surface area contributed by atoms with Crippen LogP contribution in [-0.4, -0.2) is 42.3 Å². The minimum Gasteiger partial charge on any atom is -0.495 e. The van der Waals surface area contributed by atoms with Crippen molar-refractivity contribution in [3.8, 4) is 5.75 Å². The average Bonchev–Trinajstić information content (AvgIpc) is 3.16. The van der Waals surface area contributed by atoms with Crippen LogP contribution in [0.3, 0.4) is 0 Å². The number of aryl methyl sites for hydroxylation is 1. The molecule has 34 heavy (non-hydrogen) atoms. The van der Waals surface area contributed by atoms with E-state index in [1.807, 2.05) is 0 Å². The van der Waals surface area contributed by atoms with Gasteiger partial charge in [-0.1, -0.05) is 11.6 Å². The number of carboxylic acids is 1. The smallest absolute Gasteiger partial charge is 0.335 e. The Morgan fingerprint density at radius 3 is 2.35 bits per heavy atom. The van der Waals surface area contributed by atoms with E-state index >= 15 is 0 Å². The van der Waals surface area contributed by atoms with E-state index in [0.717, 1.165) is 0 Å². The number of anilines is 1. The zero-order valence-corrected chi connectivity index (χ0v) is 19.5. The molecule has 0 saturated carbocycles. The van der Waals surface area contributed by atoms with E-state index in [1.54, 1.807) is 19.2 Å². The number of carboxylic acid groups (broad SMARTS) is 1. The normalized spacial score (nSPS) is 11.4. The zero-order valence-electron chi connectivity index (χ0n) is 17.9. The van der Waals surface area contributed by atoms with Crippen molar-refractivity contribution < 1.29 is 27.9 Å². The van der Waals surface area contributed by atoms with Crippen LogP contribution >= 0.6 is 11.6 Å². The fraction of sp³-hybridized carbons (Fsp3) is 0.0870. The fourth-order valence-corrected chi connectivity index (χ4v) is 5.26. The number of amides is 1. The number of nitrogens with one attached hydrogen (secondary N) is 1. The van der Waals surface area contributed by atoms with Gasteiger partial charge in [0.25, 0.3) is 5.91 Å². The number of ether oxygens (including phenoxy) is 1. The SMILES string of the molecule is COc1ccc(Cl)cc1S(=O)(=O)c1nn(C)c2ccc(C(=O)Nc3ccc(C(=O)O)cc3)cc12. The van der Waals surface area contributed by atoms with E-state index in [2.05, 4.69) is 10.4 Å². The molecule has 174 valence electrons. The van der Waals surface area contributed by atoms with E-state index in [-0.39, 0.29) is 37.2 Å². The standard InChI is InChI=1S/C23H18ClN3O6S/c1-27-18-9-5-14(21(28)25-16-7-3-13(4-8-16)23(29)30)11-17(18)22(26-27)34(31,32)20-12-15(24)6-10-19(20)33-2/h3-12H,1-2H3,(H,25,28)(H,29,30). The van der Waals surface area contributed by atoms with Crippen LogP contribution in [0.5, 0.6) is 5.75 Å². The summed E-state index contributed by atoms with van der Waals surface area (Å²) in [6.45, 7) is 0. The minimum absolute atomic E-state index is 0.0843. The second-order valence-corrected chi connectivity index (χ2v) is 9.57. The number of sulfone groups is 1. The molecule has 0 saturated heterocycles. The number of halogens is 1. The van der Waals surface area contributed by atoms with Crippen LogP contribution in [0.4, 0.5) is 5.69 Å². The van der Waals surface area contributed by atoms with Crippen LogP contribution in [0.1, 0.15) is 20.7 Å². The van der Waals surface area contributed by atoms with Gasteiger partial charge in [-0.25, -0.2) is 13.2 Å². The predicted molar refractivity (Wildman–Crippen MR) is 126 cm³/mol. The van der Waals surface area contributed by atoms with Gasteiger partial charge in [0.1, 0.15) is 10.6 Å². The number of carbonyl (C=O) groups is 2. The van der Waals surface area contributed by atoms with Crippen LogP contribution < -0.4 is 10.1 Å². The molecule has 1 amide bonds. The van der Waals surface area contributed by atoms with Gasteiger partial charge >= 0.3 is 5.97 Å². The highest BCUT2D eigenvalue weighted by Crippen LogP contribution is 2.34. The van der Waals surface area contributed by atoms with Gasteiger partial charge in [-0.15, -0.1) is 0 Å². The topological polar surface area (TPSA) is 128 Å². The molecule has 11 heteroatoms. The maximum absolute atomic E-state index is 13.5. The summed E-state index contributed by atoms with van der Waals surface area (Å²) >= 11 is 6.03. The minimum atomic E-state index is -4.15. The Kier molecular flexibility index (Phi) is 6.03. The summed E-state index contributed by atoms with van der Waals surface area (Å²) in [4.78, 5) is 23.7. The maximum atomic E-state index is 13.5. The fourth-order valence-electron chi connectivity index (χ4n) is 3.44. The van der Waals surface area contributed by atoms with Crippen LogP contribution in [0.2, 0.25) is 5.02 Å². The Morgan fingerprint density at radius 1 is 1.03 bits per heavy atom. The number of aromatic nitrogens is 2. The first kappa shape index (κ1) is 23.3.